The zero-order valence-corrected chi connectivity index (χ0v) is 13.9. The molecule has 0 radical (unpaired) electrons. The Morgan fingerprint density at radius 2 is 1.95 bits per heavy atom. The second kappa shape index (κ2) is 5.58. The number of hydrogen-bond acceptors (Lipinski definition) is 3. The highest BCUT2D eigenvalue weighted by atomic mass is 32.1. The molecule has 0 saturated heterocycles. The van der Waals surface area contributed by atoms with Crippen LogP contribution in [0.1, 0.15) is 28.3 Å². The topological polar surface area (TPSA) is 33.6 Å². The summed E-state index contributed by atoms with van der Waals surface area (Å²) >= 11 is 7.27. The molecule has 0 spiro atoms. The first-order chi connectivity index (χ1) is 10.1. The molecule has 0 aliphatic carbocycles. The molecule has 1 aromatic carbocycles. The van der Waals surface area contributed by atoms with E-state index in [0.29, 0.717) is 4.77 Å². The molecule has 0 amide bonds. The fourth-order valence-electron chi connectivity index (χ4n) is 2.66. The van der Waals surface area contributed by atoms with E-state index in [0.717, 1.165) is 11.4 Å². The maximum Gasteiger partial charge on any atom is 0.196 e. The van der Waals surface area contributed by atoms with Crippen molar-refractivity contribution in [3.63, 3.8) is 0 Å². The molecule has 1 atom stereocenters. The largest absolute Gasteiger partial charge is 0.293 e. The minimum absolute atomic E-state index is 0.163. The first-order valence-corrected chi connectivity index (χ1v) is 8.09. The molecule has 5 heteroatoms. The second-order valence-electron chi connectivity index (χ2n) is 5.13. The van der Waals surface area contributed by atoms with Gasteiger partial charge >= 0.3 is 0 Å². The van der Waals surface area contributed by atoms with Crippen LogP contribution in [0, 0.1) is 18.6 Å². The summed E-state index contributed by atoms with van der Waals surface area (Å²) in [6.07, 6.45) is 0. The van der Waals surface area contributed by atoms with Gasteiger partial charge in [0.15, 0.2) is 10.6 Å². The molecule has 108 valence electrons. The summed E-state index contributed by atoms with van der Waals surface area (Å²) in [6, 6.07) is 12.6. The number of aryl methyl sites for hydroxylation is 2. The molecule has 2 aromatic heterocycles. The Hall–Kier alpha value is -1.72. The van der Waals surface area contributed by atoms with Crippen molar-refractivity contribution in [2.45, 2.75) is 26.8 Å². The van der Waals surface area contributed by atoms with Crippen LogP contribution in [0.3, 0.4) is 0 Å². The van der Waals surface area contributed by atoms with Gasteiger partial charge in [-0.1, -0.05) is 30.3 Å². The minimum Gasteiger partial charge on any atom is -0.293 e. The number of benzene rings is 1. The second-order valence-corrected chi connectivity index (χ2v) is 6.98. The van der Waals surface area contributed by atoms with Crippen molar-refractivity contribution < 1.29 is 0 Å². The molecule has 0 aliphatic heterocycles. The van der Waals surface area contributed by atoms with E-state index in [9.17, 15) is 0 Å². The van der Waals surface area contributed by atoms with Crippen LogP contribution in [0.25, 0.3) is 11.4 Å². The molecule has 0 bridgehead atoms. The number of rotatable bonds is 3. The average Bonchev–Trinajstić information content (AvgIpc) is 3.02. The number of aromatic nitrogens is 3. The van der Waals surface area contributed by atoms with Crippen LogP contribution in [0.4, 0.5) is 0 Å². The van der Waals surface area contributed by atoms with Crippen LogP contribution in [0.2, 0.25) is 0 Å². The molecule has 3 aromatic rings. The van der Waals surface area contributed by atoms with Gasteiger partial charge in [-0.05, 0) is 44.6 Å². The SMILES string of the molecule is Cc1cc(C(C)n2c(-c3ccccc3)n[nH]c2=S)c(C)s1. The Balaban J connectivity index is 2.13. The summed E-state index contributed by atoms with van der Waals surface area (Å²) in [5.41, 5.74) is 2.38. The van der Waals surface area contributed by atoms with Crippen LogP contribution in [-0.2, 0) is 0 Å². The number of hydrogen-bond donors (Lipinski definition) is 1. The smallest absolute Gasteiger partial charge is 0.196 e. The van der Waals surface area contributed by atoms with E-state index < -0.39 is 0 Å². The maximum absolute atomic E-state index is 5.45. The normalized spacial score (nSPS) is 12.5. The lowest BCUT2D eigenvalue weighted by atomic mass is 10.1. The van der Waals surface area contributed by atoms with Crippen molar-refractivity contribution in [2.24, 2.45) is 0 Å². The lowest BCUT2D eigenvalue weighted by Gasteiger charge is -2.16. The molecule has 21 heavy (non-hydrogen) atoms. The maximum atomic E-state index is 5.45. The molecule has 1 N–H and O–H groups in total. The average molecular weight is 315 g/mol. The van der Waals surface area contributed by atoms with E-state index in [1.807, 2.05) is 29.5 Å². The lowest BCUT2D eigenvalue weighted by molar-refractivity contribution is 0.634. The molecule has 0 saturated carbocycles. The summed E-state index contributed by atoms with van der Waals surface area (Å²) in [6.45, 7) is 6.47. The third kappa shape index (κ3) is 2.59. The predicted molar refractivity (Wildman–Crippen MR) is 90.5 cm³/mol. The van der Waals surface area contributed by atoms with E-state index in [1.165, 1.54) is 15.3 Å². The Bertz CT molecular complexity index is 812. The molecule has 2 heterocycles. The Kier molecular flexibility index (Phi) is 3.78. The Morgan fingerprint density at radius 3 is 2.57 bits per heavy atom. The third-order valence-electron chi connectivity index (χ3n) is 3.65. The van der Waals surface area contributed by atoms with Gasteiger partial charge in [0.25, 0.3) is 0 Å². The molecule has 3 nitrogen and oxygen atoms in total. The van der Waals surface area contributed by atoms with E-state index in [4.69, 9.17) is 12.2 Å². The monoisotopic (exact) mass is 315 g/mol. The Labute approximate surface area is 133 Å². The van der Waals surface area contributed by atoms with Gasteiger partial charge in [-0.2, -0.15) is 5.10 Å². The van der Waals surface area contributed by atoms with Gasteiger partial charge in [0.2, 0.25) is 0 Å². The summed E-state index contributed by atoms with van der Waals surface area (Å²) in [5, 5.41) is 7.35. The van der Waals surface area contributed by atoms with Crippen molar-refractivity contribution in [1.29, 1.82) is 0 Å². The lowest BCUT2D eigenvalue weighted by Crippen LogP contribution is -2.09. The van der Waals surface area contributed by atoms with Crippen LogP contribution < -0.4 is 0 Å². The highest BCUT2D eigenvalue weighted by Gasteiger charge is 2.18. The Morgan fingerprint density at radius 1 is 1.24 bits per heavy atom. The molecule has 0 fully saturated rings. The van der Waals surface area contributed by atoms with Crippen molar-refractivity contribution in [3.8, 4) is 11.4 Å². The first-order valence-electron chi connectivity index (χ1n) is 6.87. The fourth-order valence-corrected chi connectivity index (χ4v) is 3.97. The van der Waals surface area contributed by atoms with E-state index in [2.05, 4.69) is 53.7 Å². The summed E-state index contributed by atoms with van der Waals surface area (Å²) in [7, 11) is 0. The van der Waals surface area contributed by atoms with Crippen molar-refractivity contribution in [3.05, 3.63) is 56.5 Å². The van der Waals surface area contributed by atoms with Gasteiger partial charge in [-0.15, -0.1) is 11.3 Å². The fraction of sp³-hybridized carbons (Fsp3) is 0.250. The van der Waals surface area contributed by atoms with Gasteiger partial charge in [0.05, 0.1) is 6.04 Å². The first kappa shape index (κ1) is 14.2. The number of nitrogens with zero attached hydrogens (tertiary/aromatic N) is 2. The van der Waals surface area contributed by atoms with Crippen LogP contribution in [0.15, 0.2) is 36.4 Å². The zero-order valence-electron chi connectivity index (χ0n) is 12.3. The summed E-state index contributed by atoms with van der Waals surface area (Å²) in [4.78, 5) is 2.66. The number of thiophene rings is 1. The van der Waals surface area contributed by atoms with E-state index in [-0.39, 0.29) is 6.04 Å². The van der Waals surface area contributed by atoms with Gasteiger partial charge in [-0.3, -0.25) is 9.67 Å². The third-order valence-corrected chi connectivity index (χ3v) is 4.92. The minimum atomic E-state index is 0.163. The molecular formula is C16H17N3S2. The van der Waals surface area contributed by atoms with Crippen LogP contribution in [0.5, 0.6) is 0 Å². The summed E-state index contributed by atoms with van der Waals surface area (Å²) < 4.78 is 2.75. The van der Waals surface area contributed by atoms with Gasteiger partial charge in [0, 0.05) is 15.3 Å². The standard InChI is InChI=1S/C16H17N3S2/c1-10-9-14(12(3)21-10)11(2)19-15(17-18-16(19)20)13-7-5-4-6-8-13/h4-9,11H,1-3H3,(H,18,20). The molecule has 3 rings (SSSR count). The number of nitrogens with one attached hydrogen (secondary N) is 1. The van der Waals surface area contributed by atoms with Crippen molar-refractivity contribution in [1.82, 2.24) is 14.8 Å². The van der Waals surface area contributed by atoms with Gasteiger partial charge < -0.3 is 0 Å². The number of H-pyrrole nitrogens is 1. The van der Waals surface area contributed by atoms with Gasteiger partial charge in [0.1, 0.15) is 0 Å². The zero-order chi connectivity index (χ0) is 15.0. The molecular weight excluding hydrogens is 298 g/mol. The quantitative estimate of drug-likeness (QED) is 0.698. The van der Waals surface area contributed by atoms with Gasteiger partial charge in [-0.25, -0.2) is 0 Å². The van der Waals surface area contributed by atoms with Crippen LogP contribution >= 0.6 is 23.6 Å². The number of aromatic amines is 1. The highest BCUT2D eigenvalue weighted by Crippen LogP contribution is 2.31. The van der Waals surface area contributed by atoms with Crippen molar-refractivity contribution >= 4 is 23.6 Å². The van der Waals surface area contributed by atoms with E-state index >= 15 is 0 Å². The van der Waals surface area contributed by atoms with Crippen molar-refractivity contribution in [2.75, 3.05) is 0 Å². The van der Waals surface area contributed by atoms with E-state index in [1.54, 1.807) is 0 Å². The highest BCUT2D eigenvalue weighted by molar-refractivity contribution is 7.71. The molecule has 0 aliphatic rings. The summed E-state index contributed by atoms with van der Waals surface area (Å²) in [5.74, 6) is 0.886. The van der Waals surface area contributed by atoms with Crippen LogP contribution in [-0.4, -0.2) is 14.8 Å². The molecule has 1 unspecified atom stereocenters. The predicted octanol–water partition coefficient (Wildman–Crippen LogP) is 4.90.